The molecule has 1 rings (SSSR count). The minimum absolute atomic E-state index is 0.260. The Kier molecular flexibility index (Phi) is 6.40. The molecule has 0 amide bonds. The van der Waals surface area contributed by atoms with Crippen LogP contribution in [0.1, 0.15) is 38.8 Å². The van der Waals surface area contributed by atoms with E-state index in [9.17, 15) is 9.59 Å². The third kappa shape index (κ3) is 5.58. The van der Waals surface area contributed by atoms with Crippen LogP contribution in [0.15, 0.2) is 24.3 Å². The topological polar surface area (TPSA) is 52.6 Å². The van der Waals surface area contributed by atoms with Crippen molar-refractivity contribution in [2.24, 2.45) is 5.92 Å². The molecule has 0 atom stereocenters. The smallest absolute Gasteiger partial charge is 0.320 e. The summed E-state index contributed by atoms with van der Waals surface area (Å²) >= 11 is 0. The molecule has 0 saturated carbocycles. The summed E-state index contributed by atoms with van der Waals surface area (Å²) in [5.74, 6) is -1.98. The van der Waals surface area contributed by atoms with Gasteiger partial charge in [-0.2, -0.15) is 0 Å². The highest BCUT2D eigenvalue weighted by Gasteiger charge is 2.31. The maximum Gasteiger partial charge on any atom is 0.320 e. The number of carbonyl (C=O) groups is 2. The van der Waals surface area contributed by atoms with Gasteiger partial charge in [0, 0.05) is 0 Å². The zero-order valence-corrected chi connectivity index (χ0v) is 13.4. The van der Waals surface area contributed by atoms with Crippen LogP contribution in [0.5, 0.6) is 0 Å². The van der Waals surface area contributed by atoms with E-state index in [4.69, 9.17) is 9.47 Å². The minimum atomic E-state index is -0.920. The van der Waals surface area contributed by atoms with Gasteiger partial charge in [-0.05, 0) is 52.2 Å². The Bertz CT molecular complexity index is 469. The van der Waals surface area contributed by atoms with Crippen molar-refractivity contribution >= 4 is 11.9 Å². The number of hydrogen-bond donors (Lipinski definition) is 0. The summed E-state index contributed by atoms with van der Waals surface area (Å²) in [6.45, 7) is 8.99. The average Bonchev–Trinajstić information content (AvgIpc) is 2.35. The second kappa shape index (κ2) is 7.81. The molecule has 0 radical (unpaired) electrons. The standard InChI is InChI=1S/C17H24O4/c1-11(2)20-16(18)15(17(19)21-12(3)4)10-14-9-7-6-8-13(14)5/h6-9,11-12,15H,10H2,1-5H3. The summed E-state index contributed by atoms with van der Waals surface area (Å²) in [4.78, 5) is 24.3. The van der Waals surface area contributed by atoms with Crippen molar-refractivity contribution in [3.8, 4) is 0 Å². The van der Waals surface area contributed by atoms with E-state index in [0.29, 0.717) is 6.42 Å². The molecule has 0 aromatic heterocycles. The summed E-state index contributed by atoms with van der Waals surface area (Å²) in [6.07, 6.45) is -0.225. The van der Waals surface area contributed by atoms with Crippen LogP contribution in [0.4, 0.5) is 0 Å². The van der Waals surface area contributed by atoms with Crippen molar-refractivity contribution in [1.29, 1.82) is 0 Å². The van der Waals surface area contributed by atoms with Gasteiger partial charge in [0.15, 0.2) is 5.92 Å². The van der Waals surface area contributed by atoms with Crippen molar-refractivity contribution in [3.63, 3.8) is 0 Å². The van der Waals surface area contributed by atoms with Crippen molar-refractivity contribution in [3.05, 3.63) is 35.4 Å². The molecule has 0 aliphatic carbocycles. The predicted octanol–water partition coefficient (Wildman–Crippen LogP) is 3.06. The lowest BCUT2D eigenvalue weighted by molar-refractivity contribution is -0.166. The second-order valence-electron chi connectivity index (χ2n) is 5.65. The number of esters is 2. The monoisotopic (exact) mass is 292 g/mol. The molecular formula is C17H24O4. The summed E-state index contributed by atoms with van der Waals surface area (Å²) < 4.78 is 10.4. The van der Waals surface area contributed by atoms with E-state index in [1.54, 1.807) is 27.7 Å². The molecule has 0 unspecified atom stereocenters. The first kappa shape index (κ1) is 17.2. The molecular weight excluding hydrogens is 268 g/mol. The lowest BCUT2D eigenvalue weighted by Gasteiger charge is -2.19. The highest BCUT2D eigenvalue weighted by molar-refractivity contribution is 5.95. The lowest BCUT2D eigenvalue weighted by Crippen LogP contribution is -2.32. The van der Waals surface area contributed by atoms with Crippen LogP contribution in [0, 0.1) is 12.8 Å². The van der Waals surface area contributed by atoms with Crippen LogP contribution in [0.3, 0.4) is 0 Å². The third-order valence-corrected chi connectivity index (χ3v) is 2.96. The first-order chi connectivity index (χ1) is 9.81. The third-order valence-electron chi connectivity index (χ3n) is 2.96. The van der Waals surface area contributed by atoms with E-state index in [1.807, 2.05) is 31.2 Å². The summed E-state index contributed by atoms with van der Waals surface area (Å²) in [5.41, 5.74) is 1.99. The van der Waals surface area contributed by atoms with Crippen molar-refractivity contribution < 1.29 is 19.1 Å². The zero-order valence-electron chi connectivity index (χ0n) is 13.4. The molecule has 1 aromatic rings. The Balaban J connectivity index is 2.93. The Morgan fingerprint density at radius 2 is 1.43 bits per heavy atom. The Labute approximate surface area is 126 Å². The molecule has 21 heavy (non-hydrogen) atoms. The van der Waals surface area contributed by atoms with Crippen molar-refractivity contribution in [1.82, 2.24) is 0 Å². The van der Waals surface area contributed by atoms with E-state index in [-0.39, 0.29) is 12.2 Å². The first-order valence-electron chi connectivity index (χ1n) is 7.26. The van der Waals surface area contributed by atoms with Gasteiger partial charge in [0.1, 0.15) is 0 Å². The molecule has 4 heteroatoms. The van der Waals surface area contributed by atoms with Gasteiger partial charge in [0.05, 0.1) is 12.2 Å². The van der Waals surface area contributed by atoms with E-state index >= 15 is 0 Å². The van der Waals surface area contributed by atoms with E-state index in [2.05, 4.69) is 0 Å². The van der Waals surface area contributed by atoms with Gasteiger partial charge >= 0.3 is 11.9 Å². The van der Waals surface area contributed by atoms with Gasteiger partial charge < -0.3 is 9.47 Å². The first-order valence-corrected chi connectivity index (χ1v) is 7.26. The van der Waals surface area contributed by atoms with Gasteiger partial charge in [-0.1, -0.05) is 24.3 Å². The van der Waals surface area contributed by atoms with Crippen molar-refractivity contribution in [2.75, 3.05) is 0 Å². The van der Waals surface area contributed by atoms with Gasteiger partial charge in [-0.15, -0.1) is 0 Å². The Hall–Kier alpha value is -1.84. The highest BCUT2D eigenvalue weighted by Crippen LogP contribution is 2.17. The zero-order chi connectivity index (χ0) is 16.0. The van der Waals surface area contributed by atoms with Crippen LogP contribution in [0.2, 0.25) is 0 Å². The van der Waals surface area contributed by atoms with Gasteiger partial charge in [0.2, 0.25) is 0 Å². The quantitative estimate of drug-likeness (QED) is 0.597. The SMILES string of the molecule is Cc1ccccc1CC(C(=O)OC(C)C)C(=O)OC(C)C. The van der Waals surface area contributed by atoms with Crippen LogP contribution in [-0.4, -0.2) is 24.1 Å². The molecule has 0 spiro atoms. The fourth-order valence-corrected chi connectivity index (χ4v) is 1.95. The number of ether oxygens (including phenoxy) is 2. The highest BCUT2D eigenvalue weighted by atomic mass is 16.6. The van der Waals surface area contributed by atoms with Crippen molar-refractivity contribution in [2.45, 2.75) is 53.2 Å². The van der Waals surface area contributed by atoms with E-state index in [1.165, 1.54) is 0 Å². The Morgan fingerprint density at radius 1 is 0.952 bits per heavy atom. The number of hydrogen-bond acceptors (Lipinski definition) is 4. The molecule has 116 valence electrons. The molecule has 0 heterocycles. The molecule has 0 bridgehead atoms. The number of aryl methyl sites for hydroxylation is 1. The van der Waals surface area contributed by atoms with E-state index < -0.39 is 17.9 Å². The number of rotatable bonds is 6. The average molecular weight is 292 g/mol. The lowest BCUT2D eigenvalue weighted by atomic mass is 9.96. The molecule has 0 fully saturated rings. The summed E-state index contributed by atoms with van der Waals surface area (Å²) in [5, 5.41) is 0. The fourth-order valence-electron chi connectivity index (χ4n) is 1.95. The van der Waals surface area contributed by atoms with Gasteiger partial charge in [-0.3, -0.25) is 9.59 Å². The second-order valence-corrected chi connectivity index (χ2v) is 5.65. The van der Waals surface area contributed by atoms with Crippen LogP contribution in [0.25, 0.3) is 0 Å². The summed E-state index contributed by atoms with van der Waals surface area (Å²) in [6, 6.07) is 7.68. The maximum absolute atomic E-state index is 12.2. The predicted molar refractivity (Wildman–Crippen MR) is 80.8 cm³/mol. The molecule has 0 aliphatic heterocycles. The molecule has 0 saturated heterocycles. The maximum atomic E-state index is 12.2. The molecule has 1 aromatic carbocycles. The summed E-state index contributed by atoms with van der Waals surface area (Å²) in [7, 11) is 0. The van der Waals surface area contributed by atoms with Crippen LogP contribution in [-0.2, 0) is 25.5 Å². The van der Waals surface area contributed by atoms with Crippen LogP contribution >= 0.6 is 0 Å². The molecule has 0 N–H and O–H groups in total. The molecule has 0 aliphatic rings. The van der Waals surface area contributed by atoms with E-state index in [0.717, 1.165) is 11.1 Å². The fraction of sp³-hybridized carbons (Fsp3) is 0.529. The number of carbonyl (C=O) groups excluding carboxylic acids is 2. The molecule has 4 nitrogen and oxygen atoms in total. The Morgan fingerprint density at radius 3 is 1.86 bits per heavy atom. The number of benzene rings is 1. The minimum Gasteiger partial charge on any atom is -0.462 e. The van der Waals surface area contributed by atoms with Gasteiger partial charge in [-0.25, -0.2) is 0 Å². The normalized spacial score (nSPS) is 11.0. The van der Waals surface area contributed by atoms with Crippen LogP contribution < -0.4 is 0 Å². The van der Waals surface area contributed by atoms with Gasteiger partial charge in [0.25, 0.3) is 0 Å². The largest absolute Gasteiger partial charge is 0.462 e.